The monoisotopic (exact) mass is 386 g/mol. The molecule has 0 unspecified atom stereocenters. The highest BCUT2D eigenvalue weighted by Gasteiger charge is 2.37. The van der Waals surface area contributed by atoms with Crippen LogP contribution in [0.3, 0.4) is 0 Å². The van der Waals surface area contributed by atoms with Gasteiger partial charge in [-0.1, -0.05) is 32.9 Å². The van der Waals surface area contributed by atoms with Crippen molar-refractivity contribution in [2.75, 3.05) is 20.8 Å². The number of aliphatic hydroxyl groups is 2. The highest BCUT2D eigenvalue weighted by Crippen LogP contribution is 2.18. The van der Waals surface area contributed by atoms with Crippen LogP contribution in [0.15, 0.2) is 12.2 Å². The summed E-state index contributed by atoms with van der Waals surface area (Å²) in [5, 5.41) is 26.3. The summed E-state index contributed by atoms with van der Waals surface area (Å²) in [7, 11) is 2.67. The van der Waals surface area contributed by atoms with Crippen LogP contribution in [0.1, 0.15) is 40.0 Å². The van der Waals surface area contributed by atoms with E-state index in [1.807, 2.05) is 26.8 Å². The van der Waals surface area contributed by atoms with Crippen molar-refractivity contribution >= 4 is 11.8 Å². The minimum atomic E-state index is -1.53. The first kappa shape index (κ1) is 23.6. The van der Waals surface area contributed by atoms with Crippen LogP contribution in [0.25, 0.3) is 0 Å². The minimum Gasteiger partial charge on any atom is -0.387 e. The second kappa shape index (κ2) is 10.8. The molecule has 0 bridgehead atoms. The molecule has 1 rings (SSSR count). The van der Waals surface area contributed by atoms with Gasteiger partial charge in [-0.3, -0.25) is 9.59 Å². The van der Waals surface area contributed by atoms with E-state index in [2.05, 4.69) is 10.6 Å². The van der Waals surface area contributed by atoms with Gasteiger partial charge in [0.2, 0.25) is 5.91 Å². The Bertz CT molecular complexity index is 517. The molecule has 8 heteroatoms. The molecule has 27 heavy (non-hydrogen) atoms. The SMILES string of the molecule is CO[C@H](C=CC(C)(C)C)[C@H](O)[C@@H](O)[C@@H](OC)C(=O)N[C@H]1CCCCNC1=O. The number of carbonyl (C=O) groups excluding carboxylic acids is 2. The summed E-state index contributed by atoms with van der Waals surface area (Å²) in [5.74, 6) is -0.908. The van der Waals surface area contributed by atoms with Crippen molar-refractivity contribution in [3.05, 3.63) is 12.2 Å². The number of carbonyl (C=O) groups is 2. The molecule has 0 saturated carbocycles. The van der Waals surface area contributed by atoms with Gasteiger partial charge in [-0.15, -0.1) is 0 Å². The molecule has 0 radical (unpaired) electrons. The summed E-state index contributed by atoms with van der Waals surface area (Å²) in [6, 6.07) is -0.680. The van der Waals surface area contributed by atoms with Crippen LogP contribution >= 0.6 is 0 Å². The molecule has 0 aromatic carbocycles. The number of methoxy groups -OCH3 is 2. The summed E-state index contributed by atoms with van der Waals surface area (Å²) in [5.41, 5.74) is -0.133. The zero-order valence-corrected chi connectivity index (χ0v) is 16.9. The van der Waals surface area contributed by atoms with E-state index >= 15 is 0 Å². The first-order chi connectivity index (χ1) is 12.6. The molecular formula is C19H34N2O6. The summed E-state index contributed by atoms with van der Waals surface area (Å²) in [6.07, 6.45) is 0.611. The van der Waals surface area contributed by atoms with Crippen LogP contribution in [-0.2, 0) is 19.1 Å². The Morgan fingerprint density at radius 3 is 2.44 bits per heavy atom. The smallest absolute Gasteiger partial charge is 0.252 e. The topological polar surface area (TPSA) is 117 Å². The molecule has 1 heterocycles. The normalized spacial score (nSPS) is 23.2. The zero-order chi connectivity index (χ0) is 20.6. The first-order valence-corrected chi connectivity index (χ1v) is 9.30. The third kappa shape index (κ3) is 7.57. The van der Waals surface area contributed by atoms with E-state index in [0.717, 1.165) is 12.8 Å². The molecule has 1 aliphatic heterocycles. The van der Waals surface area contributed by atoms with Gasteiger partial charge in [0.1, 0.15) is 24.4 Å². The molecule has 2 amide bonds. The van der Waals surface area contributed by atoms with Gasteiger partial charge in [0, 0.05) is 20.8 Å². The lowest BCUT2D eigenvalue weighted by molar-refractivity contribution is -0.152. The third-order valence-electron chi connectivity index (χ3n) is 4.42. The largest absolute Gasteiger partial charge is 0.387 e. The van der Waals surface area contributed by atoms with E-state index in [0.29, 0.717) is 13.0 Å². The number of ether oxygens (including phenoxy) is 2. The lowest BCUT2D eigenvalue weighted by Gasteiger charge is -2.29. The van der Waals surface area contributed by atoms with E-state index in [1.54, 1.807) is 6.08 Å². The quantitative estimate of drug-likeness (QED) is 0.441. The van der Waals surface area contributed by atoms with Crippen LogP contribution in [0.4, 0.5) is 0 Å². The van der Waals surface area contributed by atoms with Crippen LogP contribution in [0, 0.1) is 5.41 Å². The van der Waals surface area contributed by atoms with Crippen molar-refractivity contribution in [1.82, 2.24) is 10.6 Å². The van der Waals surface area contributed by atoms with Crippen LogP contribution in [-0.4, -0.2) is 73.2 Å². The van der Waals surface area contributed by atoms with Gasteiger partial charge in [0.05, 0.1) is 0 Å². The van der Waals surface area contributed by atoms with Crippen molar-refractivity contribution < 1.29 is 29.3 Å². The molecule has 1 aliphatic rings. The average molecular weight is 386 g/mol. The Morgan fingerprint density at radius 2 is 1.89 bits per heavy atom. The number of aliphatic hydroxyl groups excluding tert-OH is 2. The number of hydrogen-bond acceptors (Lipinski definition) is 6. The second-order valence-electron chi connectivity index (χ2n) is 7.91. The summed E-state index contributed by atoms with van der Waals surface area (Å²) >= 11 is 0. The van der Waals surface area contributed by atoms with E-state index < -0.39 is 36.4 Å². The van der Waals surface area contributed by atoms with Crippen LogP contribution in [0.5, 0.6) is 0 Å². The van der Waals surface area contributed by atoms with Crippen LogP contribution < -0.4 is 10.6 Å². The Hall–Kier alpha value is -1.48. The molecule has 156 valence electrons. The van der Waals surface area contributed by atoms with Gasteiger partial charge in [-0.2, -0.15) is 0 Å². The van der Waals surface area contributed by atoms with Crippen LogP contribution in [0.2, 0.25) is 0 Å². The van der Waals surface area contributed by atoms with E-state index in [9.17, 15) is 19.8 Å². The predicted octanol–water partition coefficient (Wildman–Crippen LogP) is 0.125. The molecule has 0 aromatic heterocycles. The molecule has 0 aliphatic carbocycles. The van der Waals surface area contributed by atoms with Gasteiger partial charge >= 0.3 is 0 Å². The van der Waals surface area contributed by atoms with Gasteiger partial charge < -0.3 is 30.3 Å². The molecule has 1 saturated heterocycles. The van der Waals surface area contributed by atoms with Gasteiger partial charge in [0.15, 0.2) is 6.10 Å². The maximum atomic E-state index is 12.5. The number of amides is 2. The number of rotatable bonds is 8. The lowest BCUT2D eigenvalue weighted by atomic mass is 9.93. The van der Waals surface area contributed by atoms with Gasteiger partial charge in [0.25, 0.3) is 5.91 Å². The summed E-state index contributed by atoms with van der Waals surface area (Å²) < 4.78 is 10.3. The molecule has 4 N–H and O–H groups in total. The fourth-order valence-corrected chi connectivity index (χ4v) is 2.82. The molecule has 5 atom stereocenters. The maximum absolute atomic E-state index is 12.5. The lowest BCUT2D eigenvalue weighted by Crippen LogP contribution is -2.55. The van der Waals surface area contributed by atoms with Crippen molar-refractivity contribution in [1.29, 1.82) is 0 Å². The van der Waals surface area contributed by atoms with Gasteiger partial charge in [-0.25, -0.2) is 0 Å². The van der Waals surface area contributed by atoms with Crippen molar-refractivity contribution in [3.63, 3.8) is 0 Å². The first-order valence-electron chi connectivity index (χ1n) is 9.30. The highest BCUT2D eigenvalue weighted by molar-refractivity contribution is 5.89. The average Bonchev–Trinajstić information content (AvgIpc) is 2.79. The zero-order valence-electron chi connectivity index (χ0n) is 16.9. The maximum Gasteiger partial charge on any atom is 0.252 e. The van der Waals surface area contributed by atoms with Crippen molar-refractivity contribution in [3.8, 4) is 0 Å². The van der Waals surface area contributed by atoms with E-state index in [4.69, 9.17) is 9.47 Å². The fourth-order valence-electron chi connectivity index (χ4n) is 2.82. The summed E-state index contributed by atoms with van der Waals surface area (Å²) in [6.45, 7) is 6.54. The Morgan fingerprint density at radius 1 is 1.22 bits per heavy atom. The predicted molar refractivity (Wildman–Crippen MR) is 101 cm³/mol. The molecule has 0 spiro atoms. The van der Waals surface area contributed by atoms with E-state index in [1.165, 1.54) is 14.2 Å². The van der Waals surface area contributed by atoms with Gasteiger partial charge in [-0.05, 0) is 24.7 Å². The third-order valence-corrected chi connectivity index (χ3v) is 4.42. The number of allylic oxidation sites excluding steroid dienone is 1. The molecule has 8 nitrogen and oxygen atoms in total. The highest BCUT2D eigenvalue weighted by atomic mass is 16.5. The minimum absolute atomic E-state index is 0.133. The standard InChI is InChI=1S/C19H34N2O6/c1-19(2,3)10-9-13(26-4)14(22)15(23)16(27-5)18(25)21-12-8-6-7-11-20-17(12)24/h9-10,12-16,22-23H,6-8,11H2,1-5H3,(H,20,24)(H,21,25)/t12-,13+,14-,15+,16+/m0/s1. The number of hydrogen-bond donors (Lipinski definition) is 4. The summed E-state index contributed by atoms with van der Waals surface area (Å²) in [4.78, 5) is 24.5. The van der Waals surface area contributed by atoms with Crippen molar-refractivity contribution in [2.45, 2.75) is 70.5 Å². The molecular weight excluding hydrogens is 352 g/mol. The fraction of sp³-hybridized carbons (Fsp3) is 0.789. The molecule has 0 aromatic rings. The molecule has 1 fully saturated rings. The Labute approximate surface area is 161 Å². The Kier molecular flexibility index (Phi) is 9.38. The second-order valence-corrected chi connectivity index (χ2v) is 7.91. The Balaban J connectivity index is 2.80. The number of nitrogens with one attached hydrogen (secondary N) is 2. The van der Waals surface area contributed by atoms with Crippen molar-refractivity contribution in [2.24, 2.45) is 5.41 Å². The van der Waals surface area contributed by atoms with E-state index in [-0.39, 0.29) is 11.3 Å².